The van der Waals surface area contributed by atoms with Crippen LogP contribution in [0.1, 0.15) is 16.8 Å². The van der Waals surface area contributed by atoms with Gasteiger partial charge in [-0.15, -0.1) is 21.5 Å². The quantitative estimate of drug-likeness (QED) is 0.833. The van der Waals surface area contributed by atoms with Crippen LogP contribution in [0.25, 0.3) is 0 Å². The Morgan fingerprint density at radius 2 is 2.37 bits per heavy atom. The highest BCUT2D eigenvalue weighted by atomic mass is 32.2. The number of carbonyl (C=O) groups is 1. The number of amides is 1. The normalized spacial score (nSPS) is 12.3. The van der Waals surface area contributed by atoms with E-state index in [4.69, 9.17) is 0 Å². The number of thiophene rings is 1. The van der Waals surface area contributed by atoms with E-state index in [9.17, 15) is 4.79 Å². The second-order valence-electron chi connectivity index (χ2n) is 3.97. The molecule has 2 rings (SSSR count). The maximum Gasteiger partial charge on any atom is 0.233 e. The summed E-state index contributed by atoms with van der Waals surface area (Å²) in [5.41, 5.74) is 0. The van der Waals surface area contributed by atoms with Gasteiger partial charge in [-0.2, -0.15) is 0 Å². The molecule has 0 fully saturated rings. The van der Waals surface area contributed by atoms with E-state index in [-0.39, 0.29) is 11.2 Å². The first kappa shape index (κ1) is 14.5. The number of hydrogen-bond acceptors (Lipinski definition) is 6. The van der Waals surface area contributed by atoms with Crippen LogP contribution in [0.4, 0.5) is 0 Å². The fourth-order valence-corrected chi connectivity index (χ4v) is 4.13. The topological polar surface area (TPSA) is 54.9 Å². The summed E-state index contributed by atoms with van der Waals surface area (Å²) < 4.78 is 0.846. The number of aryl methyl sites for hydroxylation is 1. The molecular weight excluding hydrogens is 298 g/mol. The van der Waals surface area contributed by atoms with E-state index in [1.54, 1.807) is 11.3 Å². The van der Waals surface area contributed by atoms with Gasteiger partial charge in [-0.1, -0.05) is 29.2 Å². The molecule has 4 nitrogen and oxygen atoms in total. The van der Waals surface area contributed by atoms with E-state index in [1.807, 2.05) is 25.3 Å². The van der Waals surface area contributed by atoms with Crippen LogP contribution in [0.5, 0.6) is 0 Å². The Kier molecular flexibility index (Phi) is 5.35. The Bertz CT molecular complexity index is 524. The third-order valence-electron chi connectivity index (χ3n) is 2.41. The molecule has 1 unspecified atom stereocenters. The molecule has 19 heavy (non-hydrogen) atoms. The number of carbonyl (C=O) groups excluding carboxylic acids is 1. The molecule has 0 radical (unpaired) electrons. The molecule has 0 aliphatic heterocycles. The summed E-state index contributed by atoms with van der Waals surface area (Å²) in [6.45, 7) is 4.48. The van der Waals surface area contributed by atoms with Crippen LogP contribution in [-0.2, 0) is 11.2 Å². The molecule has 0 aliphatic rings. The van der Waals surface area contributed by atoms with Gasteiger partial charge in [-0.05, 0) is 31.7 Å². The maximum atomic E-state index is 11.9. The van der Waals surface area contributed by atoms with Crippen molar-refractivity contribution in [2.75, 3.05) is 6.54 Å². The van der Waals surface area contributed by atoms with Gasteiger partial charge in [0.2, 0.25) is 5.91 Å². The highest BCUT2D eigenvalue weighted by molar-refractivity contribution is 8.02. The van der Waals surface area contributed by atoms with E-state index in [0.717, 1.165) is 15.8 Å². The van der Waals surface area contributed by atoms with Crippen LogP contribution >= 0.6 is 34.4 Å². The lowest BCUT2D eigenvalue weighted by molar-refractivity contribution is -0.120. The van der Waals surface area contributed by atoms with Crippen LogP contribution in [-0.4, -0.2) is 27.9 Å². The highest BCUT2D eigenvalue weighted by Gasteiger charge is 2.16. The zero-order chi connectivity index (χ0) is 13.7. The van der Waals surface area contributed by atoms with Gasteiger partial charge < -0.3 is 5.32 Å². The van der Waals surface area contributed by atoms with Gasteiger partial charge in [-0.25, -0.2) is 0 Å². The smallest absolute Gasteiger partial charge is 0.233 e. The van der Waals surface area contributed by atoms with Crippen molar-refractivity contribution in [2.45, 2.75) is 29.9 Å². The van der Waals surface area contributed by atoms with Crippen LogP contribution in [0.2, 0.25) is 0 Å². The number of rotatable bonds is 6. The molecule has 2 aromatic heterocycles. The van der Waals surface area contributed by atoms with Crippen LogP contribution in [0, 0.1) is 6.92 Å². The van der Waals surface area contributed by atoms with Gasteiger partial charge in [0.25, 0.3) is 0 Å². The fraction of sp³-hybridized carbons (Fsp3) is 0.417. The molecule has 1 N–H and O–H groups in total. The standard InChI is InChI=1S/C12H15N3OS3/c1-8(18-12-15-14-9(2)19-12)11(16)13-6-5-10-4-3-7-17-10/h3-4,7-8H,5-6H2,1-2H3,(H,13,16). The third-order valence-corrected chi connectivity index (χ3v) is 5.36. The molecule has 2 heterocycles. The minimum absolute atomic E-state index is 0.0504. The predicted molar refractivity (Wildman–Crippen MR) is 81.0 cm³/mol. The average molecular weight is 313 g/mol. The predicted octanol–water partition coefficient (Wildman–Crippen LogP) is 2.75. The third kappa shape index (κ3) is 4.59. The molecular formula is C12H15N3OS3. The molecule has 102 valence electrons. The van der Waals surface area contributed by atoms with Crippen molar-refractivity contribution in [1.82, 2.24) is 15.5 Å². The van der Waals surface area contributed by atoms with Crippen molar-refractivity contribution < 1.29 is 4.79 Å². The largest absolute Gasteiger partial charge is 0.355 e. The molecule has 0 spiro atoms. The zero-order valence-electron chi connectivity index (χ0n) is 10.8. The lowest BCUT2D eigenvalue weighted by atomic mass is 10.3. The Morgan fingerprint density at radius 3 is 3.00 bits per heavy atom. The summed E-state index contributed by atoms with van der Waals surface area (Å²) >= 11 is 4.69. The summed E-state index contributed by atoms with van der Waals surface area (Å²) in [5.74, 6) is 0.0504. The average Bonchev–Trinajstić information content (AvgIpc) is 3.01. The van der Waals surface area contributed by atoms with Crippen molar-refractivity contribution in [1.29, 1.82) is 0 Å². The van der Waals surface area contributed by atoms with Gasteiger partial charge in [0.05, 0.1) is 5.25 Å². The number of thioether (sulfide) groups is 1. The Hall–Kier alpha value is -0.920. The lowest BCUT2D eigenvalue weighted by Gasteiger charge is -2.09. The Labute approximate surface area is 124 Å². The minimum atomic E-state index is -0.143. The van der Waals surface area contributed by atoms with Crippen LogP contribution < -0.4 is 5.32 Å². The number of nitrogens with one attached hydrogen (secondary N) is 1. The Balaban J connectivity index is 1.73. The lowest BCUT2D eigenvalue weighted by Crippen LogP contribution is -2.32. The first-order valence-electron chi connectivity index (χ1n) is 5.92. The first-order chi connectivity index (χ1) is 9.15. The molecule has 0 saturated heterocycles. The van der Waals surface area contributed by atoms with Crippen molar-refractivity contribution in [3.63, 3.8) is 0 Å². The van der Waals surface area contributed by atoms with Gasteiger partial charge in [0.1, 0.15) is 5.01 Å². The van der Waals surface area contributed by atoms with Gasteiger partial charge in [0.15, 0.2) is 4.34 Å². The molecule has 2 aromatic rings. The second-order valence-corrected chi connectivity index (χ2v) is 7.77. The zero-order valence-corrected chi connectivity index (χ0v) is 13.2. The summed E-state index contributed by atoms with van der Waals surface area (Å²) in [6, 6.07) is 4.11. The van der Waals surface area contributed by atoms with Gasteiger partial charge in [0, 0.05) is 11.4 Å². The van der Waals surface area contributed by atoms with Crippen molar-refractivity contribution >= 4 is 40.3 Å². The molecule has 1 atom stereocenters. The van der Waals surface area contributed by atoms with E-state index in [2.05, 4.69) is 21.6 Å². The number of nitrogens with zero attached hydrogens (tertiary/aromatic N) is 2. The molecule has 0 aromatic carbocycles. The first-order valence-corrected chi connectivity index (χ1v) is 8.49. The highest BCUT2D eigenvalue weighted by Crippen LogP contribution is 2.26. The van der Waals surface area contributed by atoms with E-state index < -0.39 is 0 Å². The van der Waals surface area contributed by atoms with Gasteiger partial charge in [-0.3, -0.25) is 4.79 Å². The summed E-state index contributed by atoms with van der Waals surface area (Å²) in [6.07, 6.45) is 0.888. The minimum Gasteiger partial charge on any atom is -0.355 e. The number of hydrogen-bond donors (Lipinski definition) is 1. The maximum absolute atomic E-state index is 11.9. The van der Waals surface area contributed by atoms with Gasteiger partial charge >= 0.3 is 0 Å². The molecule has 1 amide bonds. The second kappa shape index (κ2) is 7.02. The Morgan fingerprint density at radius 1 is 1.53 bits per heavy atom. The van der Waals surface area contributed by atoms with Crippen molar-refractivity contribution in [3.8, 4) is 0 Å². The number of aromatic nitrogens is 2. The molecule has 0 aliphatic carbocycles. The summed E-state index contributed by atoms with van der Waals surface area (Å²) in [7, 11) is 0. The molecule has 7 heteroatoms. The fourth-order valence-electron chi connectivity index (χ4n) is 1.44. The van der Waals surface area contributed by atoms with E-state index in [0.29, 0.717) is 6.54 Å². The molecule has 0 bridgehead atoms. The van der Waals surface area contributed by atoms with Crippen LogP contribution in [0.3, 0.4) is 0 Å². The SMILES string of the molecule is Cc1nnc(SC(C)C(=O)NCCc2cccs2)s1. The van der Waals surface area contributed by atoms with E-state index in [1.165, 1.54) is 28.0 Å². The summed E-state index contributed by atoms with van der Waals surface area (Å²) in [4.78, 5) is 13.2. The van der Waals surface area contributed by atoms with E-state index >= 15 is 0 Å². The molecule has 0 saturated carbocycles. The van der Waals surface area contributed by atoms with Crippen LogP contribution in [0.15, 0.2) is 21.9 Å². The summed E-state index contributed by atoms with van der Waals surface area (Å²) in [5, 5.41) is 13.7. The monoisotopic (exact) mass is 313 g/mol. The van der Waals surface area contributed by atoms with Crippen molar-refractivity contribution in [3.05, 3.63) is 27.4 Å². The van der Waals surface area contributed by atoms with Crippen molar-refractivity contribution in [2.24, 2.45) is 0 Å².